The zero-order valence-corrected chi connectivity index (χ0v) is 21.8. The number of anilines is 1. The number of ketones is 1. The summed E-state index contributed by atoms with van der Waals surface area (Å²) in [5, 5.41) is 5.53. The average Bonchev–Trinajstić information content (AvgIpc) is 3.15. The molecule has 0 saturated carbocycles. The van der Waals surface area contributed by atoms with Crippen LogP contribution in [0.5, 0.6) is 0 Å². The lowest BCUT2D eigenvalue weighted by molar-refractivity contribution is -0.116. The van der Waals surface area contributed by atoms with E-state index in [1.807, 2.05) is 5.38 Å². The Labute approximate surface area is 196 Å². The molecule has 1 aromatic heterocycles. The number of Topliss-reactive ketones (excluding diaryl/α,β-unsaturated/α-hetero) is 1. The number of nitrogens with one attached hydrogen (secondary N) is 1. The highest BCUT2D eigenvalue weighted by Crippen LogP contribution is 2.17. The van der Waals surface area contributed by atoms with E-state index >= 15 is 0 Å². The quantitative estimate of drug-likeness (QED) is 0.255. The van der Waals surface area contributed by atoms with Gasteiger partial charge in [-0.1, -0.05) is 34.9 Å². The van der Waals surface area contributed by atoms with Crippen molar-refractivity contribution in [1.29, 1.82) is 0 Å². The van der Waals surface area contributed by atoms with E-state index in [-0.39, 0.29) is 5.78 Å². The Balaban J connectivity index is 2.46. The molecule has 1 rings (SSSR count). The molecule has 0 aliphatic rings. The first kappa shape index (κ1) is 27.7. The molecule has 1 N–H and O–H groups in total. The van der Waals surface area contributed by atoms with Crippen molar-refractivity contribution in [2.45, 2.75) is 59.4 Å². The average molecular weight is 485 g/mol. The number of hydrogen-bond donors (Lipinski definition) is 1. The van der Waals surface area contributed by atoms with Gasteiger partial charge >= 0.3 is 0 Å². The van der Waals surface area contributed by atoms with Crippen molar-refractivity contribution in [1.82, 2.24) is 4.98 Å². The Morgan fingerprint density at radius 2 is 1.77 bits per heavy atom. The second kappa shape index (κ2) is 14.6. The minimum Gasteiger partial charge on any atom is -0.351 e. The van der Waals surface area contributed by atoms with Gasteiger partial charge in [-0.15, -0.1) is 11.3 Å². The van der Waals surface area contributed by atoms with E-state index in [4.69, 9.17) is 0 Å². The molecule has 1 heterocycles. The Bertz CT molecular complexity index is 866. The Hall–Kier alpha value is -1.38. The summed E-state index contributed by atoms with van der Waals surface area (Å²) < 4.78 is 23.0. The molecule has 31 heavy (non-hydrogen) atoms. The smallest absolute Gasteiger partial charge is 0.183 e. The molecule has 1 aromatic rings. The van der Waals surface area contributed by atoms with Crippen LogP contribution in [0.15, 0.2) is 46.5 Å². The number of allylic oxidation sites excluding steroid dienone is 5. The minimum absolute atomic E-state index is 0.320. The van der Waals surface area contributed by atoms with Crippen molar-refractivity contribution in [3.8, 4) is 0 Å². The van der Waals surface area contributed by atoms with E-state index in [0.717, 1.165) is 37.7 Å². The van der Waals surface area contributed by atoms with Gasteiger partial charge in [0.1, 0.15) is 5.75 Å². The maximum absolute atomic E-state index is 12.4. The third-order valence-electron chi connectivity index (χ3n) is 4.48. The molecular weight excluding hydrogens is 448 g/mol. The molecular formula is C23H36N2O3S3. The Kier molecular flexibility index (Phi) is 13.1. The number of carbonyl (C=O) groups excluding carboxylic acids is 1. The highest BCUT2D eigenvalue weighted by molar-refractivity contribution is 7.99. The predicted octanol–water partition coefficient (Wildman–Crippen LogP) is 5.69. The number of sulfone groups is 1. The molecule has 0 amide bonds. The largest absolute Gasteiger partial charge is 0.351 e. The molecule has 8 heteroatoms. The SMILES string of the molecule is CC(C)=CCC/C(C)=C/CC/C(C)=C/CSCC(Nc1nccs1)C(=O)CS(C)(=O)=O. The summed E-state index contributed by atoms with van der Waals surface area (Å²) in [7, 11) is -3.36. The van der Waals surface area contributed by atoms with Gasteiger partial charge in [0.25, 0.3) is 0 Å². The van der Waals surface area contributed by atoms with Gasteiger partial charge < -0.3 is 5.32 Å². The van der Waals surface area contributed by atoms with E-state index in [2.05, 4.69) is 56.2 Å². The van der Waals surface area contributed by atoms with Crippen molar-refractivity contribution in [2.75, 3.05) is 28.8 Å². The van der Waals surface area contributed by atoms with Crippen LogP contribution in [0.1, 0.15) is 53.4 Å². The standard InChI is InChI=1S/C23H36N2O3S3/c1-18(2)8-6-9-19(3)10-7-11-20(4)12-14-29-16-21(22(26)17-31(5,27)28)25-23-24-13-15-30-23/h8,10,12-13,15,21H,6-7,9,11,14,16-17H2,1-5H3,(H,24,25)/b19-10+,20-12+. The summed E-state index contributed by atoms with van der Waals surface area (Å²) in [6, 6.07) is -0.564. The van der Waals surface area contributed by atoms with Crippen LogP contribution in [-0.4, -0.2) is 48.7 Å². The first-order chi connectivity index (χ1) is 14.6. The number of thiazole rings is 1. The van der Waals surface area contributed by atoms with Gasteiger partial charge in [0.15, 0.2) is 20.8 Å². The Morgan fingerprint density at radius 1 is 1.13 bits per heavy atom. The van der Waals surface area contributed by atoms with Crippen LogP contribution in [0.25, 0.3) is 0 Å². The summed E-state index contributed by atoms with van der Waals surface area (Å²) in [5.74, 6) is 0.517. The van der Waals surface area contributed by atoms with Crippen LogP contribution in [0.3, 0.4) is 0 Å². The topological polar surface area (TPSA) is 76.1 Å². The molecule has 0 aromatic carbocycles. The normalized spacial score (nSPS) is 13.7. The van der Waals surface area contributed by atoms with E-state index in [0.29, 0.717) is 10.9 Å². The van der Waals surface area contributed by atoms with Crippen LogP contribution in [0.4, 0.5) is 5.13 Å². The second-order valence-electron chi connectivity index (χ2n) is 8.07. The van der Waals surface area contributed by atoms with Gasteiger partial charge in [-0.05, 0) is 53.4 Å². The van der Waals surface area contributed by atoms with Crippen LogP contribution >= 0.6 is 23.1 Å². The zero-order valence-electron chi connectivity index (χ0n) is 19.3. The highest BCUT2D eigenvalue weighted by atomic mass is 32.2. The first-order valence-corrected chi connectivity index (χ1v) is 14.5. The molecule has 1 unspecified atom stereocenters. The lowest BCUT2D eigenvalue weighted by Gasteiger charge is -2.16. The van der Waals surface area contributed by atoms with Crippen molar-refractivity contribution in [3.05, 3.63) is 46.5 Å². The number of thioether (sulfide) groups is 1. The molecule has 1 atom stereocenters. The summed E-state index contributed by atoms with van der Waals surface area (Å²) in [4.78, 5) is 16.6. The third kappa shape index (κ3) is 14.3. The fourth-order valence-electron chi connectivity index (χ4n) is 2.74. The summed E-state index contributed by atoms with van der Waals surface area (Å²) in [5.41, 5.74) is 4.12. The number of rotatable bonds is 15. The summed E-state index contributed by atoms with van der Waals surface area (Å²) >= 11 is 3.01. The molecule has 0 saturated heterocycles. The molecule has 174 valence electrons. The molecule has 0 fully saturated rings. The van der Waals surface area contributed by atoms with E-state index in [9.17, 15) is 13.2 Å². The van der Waals surface area contributed by atoms with Crippen molar-refractivity contribution in [2.24, 2.45) is 0 Å². The predicted molar refractivity (Wildman–Crippen MR) is 137 cm³/mol. The zero-order chi connectivity index (χ0) is 23.3. The van der Waals surface area contributed by atoms with Gasteiger partial charge in [0, 0.05) is 29.3 Å². The van der Waals surface area contributed by atoms with Crippen molar-refractivity contribution < 1.29 is 13.2 Å². The lowest BCUT2D eigenvalue weighted by Crippen LogP contribution is -2.36. The van der Waals surface area contributed by atoms with Crippen molar-refractivity contribution in [3.63, 3.8) is 0 Å². The Morgan fingerprint density at radius 3 is 2.35 bits per heavy atom. The molecule has 0 aliphatic carbocycles. The second-order valence-corrected chi connectivity index (χ2v) is 12.2. The van der Waals surface area contributed by atoms with Gasteiger partial charge in [-0.2, -0.15) is 11.8 Å². The number of hydrogen-bond acceptors (Lipinski definition) is 7. The number of carbonyl (C=O) groups is 1. The molecule has 0 radical (unpaired) electrons. The summed E-state index contributed by atoms with van der Waals surface area (Å²) in [6.45, 7) is 8.58. The fourth-order valence-corrected chi connectivity index (χ4v) is 5.09. The third-order valence-corrected chi connectivity index (χ3v) is 6.96. The maximum atomic E-state index is 12.4. The van der Waals surface area contributed by atoms with Crippen LogP contribution < -0.4 is 5.32 Å². The van der Waals surface area contributed by atoms with Gasteiger partial charge in [0.2, 0.25) is 0 Å². The number of aromatic nitrogens is 1. The molecule has 0 bridgehead atoms. The van der Waals surface area contributed by atoms with Crippen LogP contribution in [0, 0.1) is 0 Å². The molecule has 0 aliphatic heterocycles. The van der Waals surface area contributed by atoms with E-state index < -0.39 is 21.6 Å². The number of nitrogens with zero attached hydrogens (tertiary/aromatic N) is 1. The minimum atomic E-state index is -3.36. The lowest BCUT2D eigenvalue weighted by atomic mass is 10.1. The van der Waals surface area contributed by atoms with E-state index in [1.165, 1.54) is 28.1 Å². The monoisotopic (exact) mass is 484 g/mol. The van der Waals surface area contributed by atoms with Crippen LogP contribution in [0.2, 0.25) is 0 Å². The van der Waals surface area contributed by atoms with Gasteiger partial charge in [-0.25, -0.2) is 13.4 Å². The van der Waals surface area contributed by atoms with Crippen molar-refractivity contribution >= 4 is 43.9 Å². The fraction of sp³-hybridized carbons (Fsp3) is 0.565. The van der Waals surface area contributed by atoms with Gasteiger partial charge in [-0.3, -0.25) is 4.79 Å². The highest BCUT2D eigenvalue weighted by Gasteiger charge is 2.22. The molecule has 5 nitrogen and oxygen atoms in total. The maximum Gasteiger partial charge on any atom is 0.183 e. The van der Waals surface area contributed by atoms with E-state index in [1.54, 1.807) is 18.0 Å². The van der Waals surface area contributed by atoms with Gasteiger partial charge in [0.05, 0.1) is 6.04 Å². The first-order valence-electron chi connectivity index (χ1n) is 10.5. The summed E-state index contributed by atoms with van der Waals surface area (Å²) in [6.07, 6.45) is 13.8. The molecule has 0 spiro atoms. The van der Waals surface area contributed by atoms with Crippen LogP contribution in [-0.2, 0) is 14.6 Å².